The van der Waals surface area contributed by atoms with Crippen molar-refractivity contribution in [2.75, 3.05) is 44.1 Å². The van der Waals surface area contributed by atoms with Gasteiger partial charge in [0.05, 0.1) is 25.5 Å². The van der Waals surface area contributed by atoms with Gasteiger partial charge >= 0.3 is 0 Å². The van der Waals surface area contributed by atoms with Crippen LogP contribution in [0.3, 0.4) is 0 Å². The molecule has 2 amide bonds. The van der Waals surface area contributed by atoms with Crippen molar-refractivity contribution in [2.45, 2.75) is 46.1 Å². The predicted octanol–water partition coefficient (Wildman–Crippen LogP) is 4.82. The summed E-state index contributed by atoms with van der Waals surface area (Å²) in [5.74, 6) is 0.508. The second-order valence-electron chi connectivity index (χ2n) is 8.49. The first-order valence-corrected chi connectivity index (χ1v) is 11.6. The van der Waals surface area contributed by atoms with Gasteiger partial charge in [-0.05, 0) is 70.4 Å². The van der Waals surface area contributed by atoms with Crippen LogP contribution < -0.4 is 19.7 Å². The highest BCUT2D eigenvalue weighted by Gasteiger charge is 2.24. The lowest BCUT2D eigenvalue weighted by atomic mass is 10.1. The van der Waals surface area contributed by atoms with E-state index in [-0.39, 0.29) is 11.8 Å². The molecule has 33 heavy (non-hydrogen) atoms. The number of ether oxygens (including phenoxy) is 2. The van der Waals surface area contributed by atoms with Crippen LogP contribution in [0.4, 0.5) is 11.4 Å². The molecule has 2 aromatic rings. The molecule has 1 aliphatic rings. The normalized spacial score (nSPS) is 13.6. The van der Waals surface area contributed by atoms with Crippen LogP contribution in [-0.2, 0) is 0 Å². The zero-order valence-electron chi connectivity index (χ0n) is 20.3. The lowest BCUT2D eigenvalue weighted by Crippen LogP contribution is -2.36. The average Bonchev–Trinajstić information content (AvgIpc) is 2.84. The second-order valence-corrected chi connectivity index (χ2v) is 8.49. The summed E-state index contributed by atoms with van der Waals surface area (Å²) >= 11 is 0. The predicted molar refractivity (Wildman–Crippen MR) is 132 cm³/mol. The fourth-order valence-corrected chi connectivity index (χ4v) is 4.27. The molecule has 1 saturated heterocycles. The quantitative estimate of drug-likeness (QED) is 0.621. The van der Waals surface area contributed by atoms with E-state index in [1.165, 1.54) is 14.2 Å². The number of anilines is 2. The third-order valence-corrected chi connectivity index (χ3v) is 6.07. The summed E-state index contributed by atoms with van der Waals surface area (Å²) in [6.45, 7) is 8.71. The molecule has 7 nitrogen and oxygen atoms in total. The Hall–Kier alpha value is -3.22. The van der Waals surface area contributed by atoms with E-state index in [1.54, 1.807) is 12.1 Å². The van der Waals surface area contributed by atoms with Gasteiger partial charge in [-0.1, -0.05) is 0 Å². The van der Waals surface area contributed by atoms with E-state index in [0.29, 0.717) is 47.4 Å². The molecule has 178 valence electrons. The zero-order chi connectivity index (χ0) is 24.0. The Bertz CT molecular complexity index is 966. The summed E-state index contributed by atoms with van der Waals surface area (Å²) in [7, 11) is 3.06. The number of carbonyl (C=O) groups is 2. The minimum absolute atomic E-state index is 0.114. The van der Waals surface area contributed by atoms with Crippen LogP contribution >= 0.6 is 0 Å². The molecule has 0 radical (unpaired) electrons. The summed E-state index contributed by atoms with van der Waals surface area (Å²) in [6.07, 6.45) is 3.10. The number of carbonyl (C=O) groups excluding carboxylic acids is 2. The molecule has 2 aromatic carbocycles. The van der Waals surface area contributed by atoms with Crippen LogP contribution in [0.5, 0.6) is 11.5 Å². The van der Waals surface area contributed by atoms with E-state index in [1.807, 2.05) is 29.2 Å². The van der Waals surface area contributed by atoms with E-state index in [2.05, 4.69) is 31.0 Å². The maximum Gasteiger partial charge on any atom is 0.256 e. The molecule has 1 heterocycles. The van der Waals surface area contributed by atoms with Crippen molar-refractivity contribution in [2.24, 2.45) is 0 Å². The van der Waals surface area contributed by atoms with Crippen molar-refractivity contribution in [1.29, 1.82) is 0 Å². The van der Waals surface area contributed by atoms with E-state index >= 15 is 0 Å². The maximum absolute atomic E-state index is 13.3. The number of likely N-dealkylation sites (tertiary alicyclic amines) is 1. The van der Waals surface area contributed by atoms with Gasteiger partial charge in [-0.15, -0.1) is 0 Å². The highest BCUT2D eigenvalue weighted by Crippen LogP contribution is 2.34. The monoisotopic (exact) mass is 453 g/mol. The first-order valence-electron chi connectivity index (χ1n) is 11.6. The third-order valence-electron chi connectivity index (χ3n) is 6.07. The standard InChI is InChI=1S/C26H35N3O4/c1-6-29(18(2)3)20-12-10-19(11-13-20)25(30)27-22-17-24(33-5)23(32-4)16-21(22)26(31)28-14-8-7-9-15-28/h10-13,16-18H,6-9,14-15H2,1-5H3,(H,27,30). The van der Waals surface area contributed by atoms with Crippen molar-refractivity contribution >= 4 is 23.2 Å². The van der Waals surface area contributed by atoms with E-state index in [4.69, 9.17) is 9.47 Å². The SMILES string of the molecule is CCN(c1ccc(C(=O)Nc2cc(OC)c(OC)cc2C(=O)N2CCCCC2)cc1)C(C)C. The molecule has 1 aliphatic heterocycles. The Labute approximate surface area is 196 Å². The Morgan fingerprint density at radius 1 is 1.00 bits per heavy atom. The van der Waals surface area contributed by atoms with Crippen molar-refractivity contribution in [3.63, 3.8) is 0 Å². The van der Waals surface area contributed by atoms with Crippen LogP contribution in [0.15, 0.2) is 36.4 Å². The average molecular weight is 454 g/mol. The van der Waals surface area contributed by atoms with Gasteiger partial charge in [0.1, 0.15) is 0 Å². The summed E-state index contributed by atoms with van der Waals surface area (Å²) in [6, 6.07) is 11.2. The zero-order valence-corrected chi connectivity index (χ0v) is 20.3. The minimum Gasteiger partial charge on any atom is -0.493 e. The number of nitrogens with zero attached hydrogens (tertiary/aromatic N) is 2. The summed E-state index contributed by atoms with van der Waals surface area (Å²) in [5.41, 5.74) is 2.40. The van der Waals surface area contributed by atoms with Gasteiger partial charge in [0.2, 0.25) is 0 Å². The Kier molecular flexibility index (Phi) is 8.20. The van der Waals surface area contributed by atoms with Gasteiger partial charge in [-0.2, -0.15) is 0 Å². The molecular weight excluding hydrogens is 418 g/mol. The van der Waals surface area contributed by atoms with Crippen molar-refractivity contribution in [3.05, 3.63) is 47.5 Å². The van der Waals surface area contributed by atoms with E-state index in [9.17, 15) is 9.59 Å². The minimum atomic E-state index is -0.283. The lowest BCUT2D eigenvalue weighted by Gasteiger charge is -2.28. The molecule has 1 N–H and O–H groups in total. The maximum atomic E-state index is 13.3. The molecule has 1 fully saturated rings. The molecule has 0 bridgehead atoms. The number of piperidine rings is 1. The second kappa shape index (κ2) is 11.1. The molecule has 0 aromatic heterocycles. The first kappa shape index (κ1) is 24.4. The Morgan fingerprint density at radius 3 is 2.15 bits per heavy atom. The fourth-order valence-electron chi connectivity index (χ4n) is 4.27. The number of amides is 2. The van der Waals surface area contributed by atoms with Gasteiger partial charge in [-0.3, -0.25) is 9.59 Å². The van der Waals surface area contributed by atoms with Crippen molar-refractivity contribution < 1.29 is 19.1 Å². The van der Waals surface area contributed by atoms with Crippen LogP contribution in [0.25, 0.3) is 0 Å². The molecule has 7 heteroatoms. The lowest BCUT2D eigenvalue weighted by molar-refractivity contribution is 0.0725. The van der Waals surface area contributed by atoms with Crippen LogP contribution in [-0.4, -0.2) is 56.6 Å². The summed E-state index contributed by atoms with van der Waals surface area (Å²) < 4.78 is 10.8. The molecule has 0 unspecified atom stereocenters. The number of nitrogens with one attached hydrogen (secondary N) is 1. The van der Waals surface area contributed by atoms with E-state index < -0.39 is 0 Å². The Morgan fingerprint density at radius 2 is 1.61 bits per heavy atom. The first-order chi connectivity index (χ1) is 15.9. The smallest absolute Gasteiger partial charge is 0.256 e. The van der Waals surface area contributed by atoms with Crippen molar-refractivity contribution in [1.82, 2.24) is 4.90 Å². The fraction of sp³-hybridized carbons (Fsp3) is 0.462. The summed E-state index contributed by atoms with van der Waals surface area (Å²) in [5, 5.41) is 2.92. The highest BCUT2D eigenvalue weighted by atomic mass is 16.5. The topological polar surface area (TPSA) is 71.1 Å². The molecule has 0 saturated carbocycles. The van der Waals surface area contributed by atoms with Gasteiger partial charge in [0.15, 0.2) is 11.5 Å². The van der Waals surface area contributed by atoms with Gasteiger partial charge in [0.25, 0.3) is 11.8 Å². The molecular formula is C26H35N3O4. The highest BCUT2D eigenvalue weighted by molar-refractivity contribution is 6.09. The third kappa shape index (κ3) is 5.59. The molecule has 0 spiro atoms. The van der Waals surface area contributed by atoms with E-state index in [0.717, 1.165) is 31.5 Å². The number of rotatable bonds is 8. The number of methoxy groups -OCH3 is 2. The molecule has 0 atom stereocenters. The van der Waals surface area contributed by atoms with Crippen LogP contribution in [0.1, 0.15) is 60.7 Å². The van der Waals surface area contributed by atoms with Crippen molar-refractivity contribution in [3.8, 4) is 11.5 Å². The Balaban J connectivity index is 1.89. The van der Waals surface area contributed by atoms with Crippen LogP contribution in [0.2, 0.25) is 0 Å². The largest absolute Gasteiger partial charge is 0.493 e. The van der Waals surface area contributed by atoms with Gasteiger partial charge in [-0.25, -0.2) is 0 Å². The number of hydrogen-bond acceptors (Lipinski definition) is 5. The number of hydrogen-bond donors (Lipinski definition) is 1. The molecule has 0 aliphatic carbocycles. The van der Waals surface area contributed by atoms with Gasteiger partial charge < -0.3 is 24.6 Å². The number of benzene rings is 2. The molecule has 3 rings (SSSR count). The van der Waals surface area contributed by atoms with Crippen LogP contribution in [0, 0.1) is 0 Å². The summed E-state index contributed by atoms with van der Waals surface area (Å²) in [4.78, 5) is 30.5. The van der Waals surface area contributed by atoms with Gasteiger partial charge in [0, 0.05) is 43.0 Å².